The molecule has 156 valence electrons. The summed E-state index contributed by atoms with van der Waals surface area (Å²) >= 11 is 0. The Kier molecular flexibility index (Phi) is 5.73. The lowest BCUT2D eigenvalue weighted by Crippen LogP contribution is -2.08. The molecule has 0 saturated carbocycles. The van der Waals surface area contributed by atoms with Crippen LogP contribution in [0.15, 0.2) is 142 Å². The maximum absolute atomic E-state index is 12.7. The van der Waals surface area contributed by atoms with E-state index in [4.69, 9.17) is 4.74 Å². The highest BCUT2D eigenvalue weighted by atomic mass is 32.2. The molecule has 0 N–H and O–H groups in total. The molecular weight excluding hydrogens is 412 g/mol. The van der Waals surface area contributed by atoms with Crippen molar-refractivity contribution in [3.05, 3.63) is 133 Å². The number of hydrogen-bond donors (Lipinski definition) is 1. The van der Waals surface area contributed by atoms with Gasteiger partial charge >= 0.3 is 5.97 Å². The van der Waals surface area contributed by atoms with Crippen molar-refractivity contribution < 1.29 is 9.53 Å². The van der Waals surface area contributed by atoms with Crippen LogP contribution in [0.3, 0.4) is 0 Å². The molecular formula is C29H22O2S. The molecule has 0 fully saturated rings. The van der Waals surface area contributed by atoms with Gasteiger partial charge in [0.25, 0.3) is 0 Å². The number of hydrogen-bond acceptors (Lipinski definition) is 2. The van der Waals surface area contributed by atoms with E-state index in [0.717, 1.165) is 10.8 Å². The van der Waals surface area contributed by atoms with Gasteiger partial charge in [0.15, 0.2) is 0 Å². The molecule has 32 heavy (non-hydrogen) atoms. The number of benzene rings is 5. The molecule has 0 aliphatic rings. The minimum Gasteiger partial charge on any atom is -0.423 e. The van der Waals surface area contributed by atoms with Gasteiger partial charge in [0.05, 0.1) is 5.56 Å². The maximum atomic E-state index is 12.7. The van der Waals surface area contributed by atoms with Gasteiger partial charge in [0, 0.05) is 0 Å². The van der Waals surface area contributed by atoms with Crippen LogP contribution in [-0.4, -0.2) is 5.97 Å². The van der Waals surface area contributed by atoms with Crippen molar-refractivity contribution in [2.24, 2.45) is 0 Å². The number of esters is 1. The summed E-state index contributed by atoms with van der Waals surface area (Å²) in [5.74, 6) is 0.194. The Balaban J connectivity index is 1.40. The molecule has 0 amide bonds. The Labute approximate surface area is 190 Å². The summed E-state index contributed by atoms with van der Waals surface area (Å²) in [6.45, 7) is 0. The fourth-order valence-electron chi connectivity index (χ4n) is 3.75. The van der Waals surface area contributed by atoms with Crippen LogP contribution in [0.5, 0.6) is 5.75 Å². The normalized spacial score (nSPS) is 11.2. The van der Waals surface area contributed by atoms with Crippen molar-refractivity contribution in [3.63, 3.8) is 0 Å². The quantitative estimate of drug-likeness (QED) is 0.176. The van der Waals surface area contributed by atoms with E-state index in [1.807, 2.05) is 66.7 Å². The standard InChI is InChI=1S/C29H22O2S/c30-29(24-16-15-22-9-7-8-10-23(22)21-24)31-25-17-19-28(20-18-25)32(26-11-3-1-4-12-26)27-13-5-2-6-14-27/h1-21,32H. The van der Waals surface area contributed by atoms with Crippen LogP contribution in [0.2, 0.25) is 0 Å². The van der Waals surface area contributed by atoms with Gasteiger partial charge in [-0.1, -0.05) is 66.7 Å². The molecule has 0 radical (unpaired) electrons. The summed E-state index contributed by atoms with van der Waals surface area (Å²) in [7, 11) is -0.683. The molecule has 5 aromatic rings. The van der Waals surface area contributed by atoms with Crippen LogP contribution in [0.25, 0.3) is 10.8 Å². The highest BCUT2D eigenvalue weighted by Gasteiger charge is 2.14. The first-order valence-electron chi connectivity index (χ1n) is 10.5. The molecule has 0 aliphatic heterocycles. The number of thiol groups is 1. The Morgan fingerprint density at radius 2 is 1.06 bits per heavy atom. The van der Waals surface area contributed by atoms with E-state index in [1.54, 1.807) is 0 Å². The van der Waals surface area contributed by atoms with Crippen molar-refractivity contribution in [2.75, 3.05) is 0 Å². The van der Waals surface area contributed by atoms with Gasteiger partial charge in [0.2, 0.25) is 0 Å². The maximum Gasteiger partial charge on any atom is 0.343 e. The fourth-order valence-corrected chi connectivity index (χ4v) is 6.03. The highest BCUT2D eigenvalue weighted by molar-refractivity contribution is 8.17. The average molecular weight is 435 g/mol. The first kappa shape index (κ1) is 20.1. The highest BCUT2D eigenvalue weighted by Crippen LogP contribution is 2.51. The van der Waals surface area contributed by atoms with E-state index in [2.05, 4.69) is 60.7 Å². The van der Waals surface area contributed by atoms with E-state index < -0.39 is 10.9 Å². The molecule has 0 spiro atoms. The lowest BCUT2D eigenvalue weighted by molar-refractivity contribution is 0.0735. The minimum absolute atomic E-state index is 0.350. The van der Waals surface area contributed by atoms with E-state index >= 15 is 0 Å². The largest absolute Gasteiger partial charge is 0.423 e. The number of fused-ring (bicyclic) bond motifs is 1. The molecule has 2 nitrogen and oxygen atoms in total. The molecule has 0 heterocycles. The number of ether oxygens (including phenoxy) is 1. The number of carbonyl (C=O) groups is 1. The second-order valence-electron chi connectivity index (χ2n) is 7.45. The average Bonchev–Trinajstić information content (AvgIpc) is 2.86. The van der Waals surface area contributed by atoms with Crippen LogP contribution in [0, 0.1) is 0 Å². The minimum atomic E-state index is -0.683. The second kappa shape index (κ2) is 9.13. The van der Waals surface area contributed by atoms with Crippen molar-refractivity contribution >= 4 is 27.6 Å². The van der Waals surface area contributed by atoms with Gasteiger partial charge < -0.3 is 4.74 Å². The van der Waals surface area contributed by atoms with Gasteiger partial charge in [-0.2, -0.15) is 10.9 Å². The topological polar surface area (TPSA) is 26.3 Å². The SMILES string of the molecule is O=C(Oc1ccc([SH](c2ccccc2)c2ccccc2)cc1)c1ccc2ccccc2c1. The zero-order valence-corrected chi connectivity index (χ0v) is 18.3. The first-order chi connectivity index (χ1) is 15.8. The smallest absolute Gasteiger partial charge is 0.343 e. The fraction of sp³-hybridized carbons (Fsp3) is 0. The second-order valence-corrected chi connectivity index (χ2v) is 9.67. The molecule has 0 bridgehead atoms. The summed E-state index contributed by atoms with van der Waals surface area (Å²) in [5, 5.41) is 2.12. The third-order valence-corrected chi connectivity index (χ3v) is 7.76. The third kappa shape index (κ3) is 4.29. The zero-order valence-electron chi connectivity index (χ0n) is 17.4. The summed E-state index contributed by atoms with van der Waals surface area (Å²) in [4.78, 5) is 16.5. The molecule has 5 aromatic carbocycles. The molecule has 0 aliphatic carbocycles. The Hall–Kier alpha value is -3.82. The molecule has 5 rings (SSSR count). The van der Waals surface area contributed by atoms with Crippen molar-refractivity contribution in [2.45, 2.75) is 14.7 Å². The third-order valence-electron chi connectivity index (χ3n) is 5.32. The lowest BCUT2D eigenvalue weighted by Gasteiger charge is -2.23. The summed E-state index contributed by atoms with van der Waals surface area (Å²) in [6, 6.07) is 42.6. The molecule has 0 unspecified atom stereocenters. The molecule has 0 atom stereocenters. The predicted molar refractivity (Wildman–Crippen MR) is 132 cm³/mol. The Morgan fingerprint density at radius 3 is 1.69 bits per heavy atom. The van der Waals surface area contributed by atoms with Crippen LogP contribution < -0.4 is 4.74 Å². The summed E-state index contributed by atoms with van der Waals surface area (Å²) in [6.07, 6.45) is 0. The number of carbonyl (C=O) groups excluding carboxylic acids is 1. The van der Waals surface area contributed by atoms with E-state index in [0.29, 0.717) is 11.3 Å². The van der Waals surface area contributed by atoms with Crippen molar-refractivity contribution in [3.8, 4) is 5.75 Å². The molecule has 0 aromatic heterocycles. The van der Waals surface area contributed by atoms with Crippen LogP contribution in [0.4, 0.5) is 0 Å². The van der Waals surface area contributed by atoms with Gasteiger partial charge in [-0.3, -0.25) is 0 Å². The van der Waals surface area contributed by atoms with Crippen LogP contribution >= 0.6 is 10.9 Å². The zero-order chi connectivity index (χ0) is 21.8. The first-order valence-corrected chi connectivity index (χ1v) is 11.8. The summed E-state index contributed by atoms with van der Waals surface area (Å²) in [5.41, 5.74) is 0.545. The molecule has 3 heteroatoms. The van der Waals surface area contributed by atoms with Gasteiger partial charge in [0.1, 0.15) is 5.75 Å². The van der Waals surface area contributed by atoms with E-state index in [-0.39, 0.29) is 5.97 Å². The van der Waals surface area contributed by atoms with E-state index in [1.165, 1.54) is 14.7 Å². The monoisotopic (exact) mass is 434 g/mol. The molecule has 0 saturated heterocycles. The number of rotatable bonds is 5. The van der Waals surface area contributed by atoms with Gasteiger partial charge in [-0.15, -0.1) is 0 Å². The summed E-state index contributed by atoms with van der Waals surface area (Å²) < 4.78 is 5.66. The van der Waals surface area contributed by atoms with Gasteiger partial charge in [-0.25, -0.2) is 4.79 Å². The Bertz CT molecular complexity index is 1310. The Morgan fingerprint density at radius 1 is 0.531 bits per heavy atom. The van der Waals surface area contributed by atoms with Gasteiger partial charge in [-0.05, 0) is 86.1 Å². The van der Waals surface area contributed by atoms with Crippen molar-refractivity contribution in [1.82, 2.24) is 0 Å². The van der Waals surface area contributed by atoms with Crippen molar-refractivity contribution in [1.29, 1.82) is 0 Å². The lowest BCUT2D eigenvalue weighted by atomic mass is 10.1. The van der Waals surface area contributed by atoms with E-state index in [9.17, 15) is 4.79 Å². The van der Waals surface area contributed by atoms with Crippen LogP contribution in [-0.2, 0) is 0 Å². The van der Waals surface area contributed by atoms with Crippen LogP contribution in [0.1, 0.15) is 10.4 Å². The predicted octanol–water partition coefficient (Wildman–Crippen LogP) is 7.54.